The molecule has 1 aromatic carbocycles. The number of guanidine groups is 1. The highest BCUT2D eigenvalue weighted by Gasteiger charge is 2.29. The number of unbranched alkanes of at least 4 members (excludes halogenated alkanes) is 3. The van der Waals surface area contributed by atoms with E-state index in [1.54, 1.807) is 0 Å². The van der Waals surface area contributed by atoms with Crippen molar-refractivity contribution in [1.29, 1.82) is 5.41 Å². The van der Waals surface area contributed by atoms with E-state index in [9.17, 15) is 0 Å². The molecule has 2 rings (SSSR count). The first-order valence-electron chi connectivity index (χ1n) is 8.00. The zero-order valence-electron chi connectivity index (χ0n) is 13.3. The Bertz CT molecular complexity index is 472. The molecule has 3 N–H and O–H groups in total. The number of hydrogen-bond acceptors (Lipinski definition) is 2. The lowest BCUT2D eigenvalue weighted by atomic mass is 9.99. The van der Waals surface area contributed by atoms with Gasteiger partial charge in [0.25, 0.3) is 0 Å². The Labute approximate surface area is 128 Å². The van der Waals surface area contributed by atoms with Crippen molar-refractivity contribution in [2.75, 3.05) is 13.7 Å². The summed E-state index contributed by atoms with van der Waals surface area (Å²) >= 11 is 0. The molecule has 0 saturated heterocycles. The monoisotopic (exact) mass is 288 g/mol. The third-order valence-corrected chi connectivity index (χ3v) is 4.36. The van der Waals surface area contributed by atoms with Gasteiger partial charge < -0.3 is 10.6 Å². The van der Waals surface area contributed by atoms with Gasteiger partial charge in [0.2, 0.25) is 0 Å². The normalized spacial score (nSPS) is 17.7. The molecule has 1 aliphatic rings. The maximum absolute atomic E-state index is 7.56. The number of nitrogens with zero attached hydrogens (tertiary/aromatic N) is 2. The molecule has 21 heavy (non-hydrogen) atoms. The van der Waals surface area contributed by atoms with Crippen LogP contribution in [-0.4, -0.2) is 29.5 Å². The van der Waals surface area contributed by atoms with E-state index in [2.05, 4.69) is 36.1 Å². The van der Waals surface area contributed by atoms with E-state index < -0.39 is 0 Å². The fourth-order valence-corrected chi connectivity index (χ4v) is 3.13. The van der Waals surface area contributed by atoms with Crippen LogP contribution in [0.5, 0.6) is 0 Å². The summed E-state index contributed by atoms with van der Waals surface area (Å²) < 4.78 is 0. The summed E-state index contributed by atoms with van der Waals surface area (Å²) in [6, 6.07) is 9.21. The Morgan fingerprint density at radius 2 is 2.10 bits per heavy atom. The third-order valence-electron chi connectivity index (χ3n) is 4.36. The summed E-state index contributed by atoms with van der Waals surface area (Å²) in [6.07, 6.45) is 6.38. The van der Waals surface area contributed by atoms with Gasteiger partial charge in [-0.1, -0.05) is 56.9 Å². The molecule has 0 spiro atoms. The quantitative estimate of drug-likeness (QED) is 0.460. The Morgan fingerprint density at radius 3 is 2.81 bits per heavy atom. The van der Waals surface area contributed by atoms with Crippen molar-refractivity contribution < 1.29 is 0 Å². The van der Waals surface area contributed by atoms with Crippen molar-refractivity contribution in [1.82, 2.24) is 9.80 Å². The minimum absolute atomic E-state index is 0.135. The van der Waals surface area contributed by atoms with E-state index >= 15 is 0 Å². The topological polar surface area (TPSA) is 56.4 Å². The summed E-state index contributed by atoms with van der Waals surface area (Å²) in [5, 5.41) is 7.56. The molecule has 0 amide bonds. The highest BCUT2D eigenvalue weighted by Crippen LogP contribution is 2.36. The molecule has 4 nitrogen and oxygen atoms in total. The lowest BCUT2D eigenvalue weighted by molar-refractivity contribution is 0.147. The van der Waals surface area contributed by atoms with Crippen molar-refractivity contribution >= 4 is 5.96 Å². The second kappa shape index (κ2) is 7.46. The fraction of sp³-hybridized carbons (Fsp3) is 0.588. The minimum atomic E-state index is 0.135. The van der Waals surface area contributed by atoms with Crippen LogP contribution in [-0.2, 0) is 6.54 Å². The lowest BCUT2D eigenvalue weighted by Crippen LogP contribution is -2.41. The van der Waals surface area contributed by atoms with Gasteiger partial charge in [0, 0.05) is 19.6 Å². The first kappa shape index (κ1) is 15.8. The van der Waals surface area contributed by atoms with E-state index in [0.29, 0.717) is 6.04 Å². The van der Waals surface area contributed by atoms with Crippen molar-refractivity contribution in [2.24, 2.45) is 5.73 Å². The van der Waals surface area contributed by atoms with Crippen LogP contribution in [0.4, 0.5) is 0 Å². The van der Waals surface area contributed by atoms with Crippen LogP contribution in [0.3, 0.4) is 0 Å². The number of nitrogens with two attached hydrogens (primary N) is 1. The van der Waals surface area contributed by atoms with Crippen molar-refractivity contribution in [3.8, 4) is 0 Å². The summed E-state index contributed by atoms with van der Waals surface area (Å²) in [5.74, 6) is 0.135. The molecule has 0 fully saturated rings. The first-order valence-corrected chi connectivity index (χ1v) is 8.00. The zero-order valence-corrected chi connectivity index (χ0v) is 13.3. The van der Waals surface area contributed by atoms with Crippen molar-refractivity contribution in [3.05, 3.63) is 35.4 Å². The summed E-state index contributed by atoms with van der Waals surface area (Å²) in [6.45, 7) is 3.94. The number of hydrogen-bond donors (Lipinski definition) is 2. The average Bonchev–Trinajstić information content (AvgIpc) is 2.81. The molecule has 0 aliphatic carbocycles. The van der Waals surface area contributed by atoms with Crippen molar-refractivity contribution in [2.45, 2.75) is 51.6 Å². The lowest BCUT2D eigenvalue weighted by Gasteiger charge is -2.30. The summed E-state index contributed by atoms with van der Waals surface area (Å²) in [7, 11) is 1.89. The van der Waals surface area contributed by atoms with Gasteiger partial charge in [0.15, 0.2) is 5.96 Å². The van der Waals surface area contributed by atoms with Crippen LogP contribution in [0.1, 0.15) is 56.2 Å². The molecule has 1 aliphatic heterocycles. The van der Waals surface area contributed by atoms with Crippen LogP contribution in [0.2, 0.25) is 0 Å². The van der Waals surface area contributed by atoms with Gasteiger partial charge in [-0.05, 0) is 17.5 Å². The van der Waals surface area contributed by atoms with Gasteiger partial charge in [-0.3, -0.25) is 10.3 Å². The first-order chi connectivity index (χ1) is 10.1. The molecular weight excluding hydrogens is 260 g/mol. The van der Waals surface area contributed by atoms with Gasteiger partial charge >= 0.3 is 0 Å². The number of fused-ring (bicyclic) bond motifs is 1. The molecule has 116 valence electrons. The molecule has 1 aromatic rings. The Morgan fingerprint density at radius 1 is 1.33 bits per heavy atom. The molecular formula is C17H28N4. The molecule has 4 heteroatoms. The van der Waals surface area contributed by atoms with E-state index in [1.807, 2.05) is 11.9 Å². The van der Waals surface area contributed by atoms with E-state index in [-0.39, 0.29) is 5.96 Å². The molecule has 0 radical (unpaired) electrons. The highest BCUT2D eigenvalue weighted by molar-refractivity contribution is 5.74. The largest absolute Gasteiger partial charge is 0.370 e. The Kier molecular flexibility index (Phi) is 5.62. The van der Waals surface area contributed by atoms with Gasteiger partial charge in [0.05, 0.1) is 6.67 Å². The summed E-state index contributed by atoms with van der Waals surface area (Å²) in [4.78, 5) is 4.25. The van der Waals surface area contributed by atoms with Crippen LogP contribution < -0.4 is 5.73 Å². The number of nitrogens with one attached hydrogen (secondary N) is 1. The average molecular weight is 288 g/mol. The van der Waals surface area contributed by atoms with Crippen molar-refractivity contribution in [3.63, 3.8) is 0 Å². The zero-order chi connectivity index (χ0) is 15.2. The maximum Gasteiger partial charge on any atom is 0.189 e. The molecule has 0 saturated carbocycles. The Balaban J connectivity index is 2.04. The second-order valence-corrected chi connectivity index (χ2v) is 6.04. The van der Waals surface area contributed by atoms with Crippen LogP contribution in [0.15, 0.2) is 24.3 Å². The van der Waals surface area contributed by atoms with Gasteiger partial charge in [-0.15, -0.1) is 0 Å². The van der Waals surface area contributed by atoms with Crippen LogP contribution in [0.25, 0.3) is 0 Å². The van der Waals surface area contributed by atoms with Gasteiger partial charge in [0.1, 0.15) is 0 Å². The smallest absolute Gasteiger partial charge is 0.189 e. The fourth-order valence-electron chi connectivity index (χ4n) is 3.13. The van der Waals surface area contributed by atoms with Crippen LogP contribution in [0, 0.1) is 5.41 Å². The minimum Gasteiger partial charge on any atom is -0.370 e. The Hall–Kier alpha value is -1.55. The van der Waals surface area contributed by atoms with E-state index in [1.165, 1.54) is 43.2 Å². The van der Waals surface area contributed by atoms with E-state index in [0.717, 1.165) is 13.2 Å². The molecule has 0 bridgehead atoms. The van der Waals surface area contributed by atoms with Gasteiger partial charge in [-0.25, -0.2) is 0 Å². The molecule has 0 aromatic heterocycles. The van der Waals surface area contributed by atoms with Crippen LogP contribution >= 0.6 is 0 Å². The van der Waals surface area contributed by atoms with Gasteiger partial charge in [-0.2, -0.15) is 0 Å². The number of benzene rings is 1. The molecule has 1 atom stereocenters. The standard InChI is InChI=1S/C17H28N4/c1-3-4-5-6-11-16-15-10-8-7-9-14(15)12-21(16)13-20(2)17(18)19/h7-10,16H,3-6,11-13H2,1-2H3,(H3,18,19). The molecule has 1 unspecified atom stereocenters. The molecule has 1 heterocycles. The second-order valence-electron chi connectivity index (χ2n) is 6.04. The third kappa shape index (κ3) is 3.97. The van der Waals surface area contributed by atoms with E-state index in [4.69, 9.17) is 11.1 Å². The maximum atomic E-state index is 7.56. The summed E-state index contributed by atoms with van der Waals surface area (Å²) in [5.41, 5.74) is 8.48. The number of rotatable bonds is 7. The SMILES string of the molecule is CCCCCCC1c2ccccc2CN1CN(C)C(=N)N. The predicted molar refractivity (Wildman–Crippen MR) is 88.0 cm³/mol. The highest BCUT2D eigenvalue weighted by atomic mass is 15.4. The predicted octanol–water partition coefficient (Wildman–Crippen LogP) is 3.30.